The number of carbonyl (C=O) groups excluding carboxylic acids is 2. The highest BCUT2D eigenvalue weighted by Gasteiger charge is 2.14. The average Bonchev–Trinajstić information content (AvgIpc) is 2.72. The van der Waals surface area contributed by atoms with Gasteiger partial charge in [-0.25, -0.2) is 0 Å². The van der Waals surface area contributed by atoms with E-state index in [1.165, 1.54) is 0 Å². The molecule has 0 saturated heterocycles. The second kappa shape index (κ2) is 11.0. The zero-order valence-electron chi connectivity index (χ0n) is 16.8. The number of nitrogens with zero attached hydrogens (tertiary/aromatic N) is 1. The summed E-state index contributed by atoms with van der Waals surface area (Å²) < 4.78 is 5.15. The van der Waals surface area contributed by atoms with Crippen molar-refractivity contribution in [2.75, 3.05) is 37.4 Å². The first-order valence-electron chi connectivity index (χ1n) is 9.64. The van der Waals surface area contributed by atoms with Gasteiger partial charge in [0.15, 0.2) is 0 Å². The number of nitrogens with one attached hydrogen (secondary N) is 2. The van der Waals surface area contributed by atoms with Gasteiger partial charge in [-0.2, -0.15) is 0 Å². The van der Waals surface area contributed by atoms with E-state index in [1.807, 2.05) is 29.2 Å². The number of carbonyl (C=O) groups is 2. The molecule has 2 amide bonds. The van der Waals surface area contributed by atoms with Crippen LogP contribution in [0, 0.1) is 0 Å². The summed E-state index contributed by atoms with van der Waals surface area (Å²) in [6.45, 7) is 5.79. The van der Waals surface area contributed by atoms with Crippen molar-refractivity contribution in [3.8, 4) is 5.75 Å². The summed E-state index contributed by atoms with van der Waals surface area (Å²) in [5.74, 6) is 0.572. The Bertz CT molecular complexity index is 769. The fourth-order valence-electron chi connectivity index (χ4n) is 2.86. The molecule has 0 saturated carbocycles. The van der Waals surface area contributed by atoms with E-state index in [4.69, 9.17) is 4.74 Å². The van der Waals surface area contributed by atoms with Crippen molar-refractivity contribution in [2.45, 2.75) is 26.7 Å². The maximum atomic E-state index is 12.6. The molecule has 2 N–H and O–H groups in total. The molecule has 0 aliphatic heterocycles. The van der Waals surface area contributed by atoms with Crippen LogP contribution in [0.15, 0.2) is 48.5 Å². The van der Waals surface area contributed by atoms with Gasteiger partial charge in [-0.05, 0) is 49.2 Å². The van der Waals surface area contributed by atoms with Crippen LogP contribution in [0.3, 0.4) is 0 Å². The van der Waals surface area contributed by atoms with Crippen LogP contribution in [0.1, 0.15) is 37.0 Å². The zero-order valence-corrected chi connectivity index (χ0v) is 16.8. The van der Waals surface area contributed by atoms with Crippen molar-refractivity contribution in [3.05, 3.63) is 54.1 Å². The predicted octanol–water partition coefficient (Wildman–Crippen LogP) is 4.01. The molecule has 0 fully saturated rings. The molecule has 6 heteroatoms. The van der Waals surface area contributed by atoms with Crippen LogP contribution in [-0.4, -0.2) is 43.5 Å². The third kappa shape index (κ3) is 6.30. The van der Waals surface area contributed by atoms with Gasteiger partial charge in [0, 0.05) is 36.1 Å². The molecule has 0 spiro atoms. The van der Waals surface area contributed by atoms with Crippen LogP contribution >= 0.6 is 0 Å². The summed E-state index contributed by atoms with van der Waals surface area (Å²) >= 11 is 0. The molecule has 150 valence electrons. The van der Waals surface area contributed by atoms with Gasteiger partial charge in [-0.3, -0.25) is 9.59 Å². The van der Waals surface area contributed by atoms with Gasteiger partial charge in [0.2, 0.25) is 5.91 Å². The lowest BCUT2D eigenvalue weighted by Crippen LogP contribution is -2.32. The Labute approximate surface area is 166 Å². The average molecular weight is 383 g/mol. The monoisotopic (exact) mass is 383 g/mol. The minimum absolute atomic E-state index is 0.0472. The summed E-state index contributed by atoms with van der Waals surface area (Å²) in [6.07, 6.45) is 1.88. The molecule has 0 radical (unpaired) electrons. The third-order valence-electron chi connectivity index (χ3n) is 4.21. The second-order valence-electron chi connectivity index (χ2n) is 6.50. The fourth-order valence-corrected chi connectivity index (χ4v) is 2.86. The molecule has 0 unspecified atom stereocenters. The van der Waals surface area contributed by atoms with Crippen LogP contribution in [0.2, 0.25) is 0 Å². The largest absolute Gasteiger partial charge is 0.497 e. The zero-order chi connectivity index (χ0) is 20.4. The first-order valence-corrected chi connectivity index (χ1v) is 9.64. The smallest absolute Gasteiger partial charge is 0.253 e. The molecule has 0 bridgehead atoms. The second-order valence-corrected chi connectivity index (χ2v) is 6.50. The first kappa shape index (κ1) is 21.3. The van der Waals surface area contributed by atoms with Gasteiger partial charge in [0.1, 0.15) is 5.75 Å². The van der Waals surface area contributed by atoms with Gasteiger partial charge < -0.3 is 20.3 Å². The molecule has 2 aromatic rings. The van der Waals surface area contributed by atoms with Crippen molar-refractivity contribution < 1.29 is 14.3 Å². The summed E-state index contributed by atoms with van der Waals surface area (Å²) in [5, 5.41) is 5.89. The highest BCUT2D eigenvalue weighted by atomic mass is 16.5. The summed E-state index contributed by atoms with van der Waals surface area (Å²) in [4.78, 5) is 26.6. The molecule has 0 heterocycles. The number of hydrogen-bond donors (Lipinski definition) is 2. The fraction of sp³-hybridized carbons (Fsp3) is 0.364. The van der Waals surface area contributed by atoms with Crippen molar-refractivity contribution in [3.63, 3.8) is 0 Å². The minimum Gasteiger partial charge on any atom is -0.497 e. The number of amides is 2. The maximum absolute atomic E-state index is 12.6. The highest BCUT2D eigenvalue weighted by Crippen LogP contribution is 2.17. The number of benzene rings is 2. The van der Waals surface area contributed by atoms with Crippen LogP contribution in [-0.2, 0) is 4.79 Å². The van der Waals surface area contributed by atoms with Gasteiger partial charge in [0.25, 0.3) is 5.91 Å². The molecule has 28 heavy (non-hydrogen) atoms. The quantitative estimate of drug-likeness (QED) is 0.650. The summed E-state index contributed by atoms with van der Waals surface area (Å²) in [5.41, 5.74) is 2.13. The van der Waals surface area contributed by atoms with E-state index in [9.17, 15) is 9.59 Å². The Kier molecular flexibility index (Phi) is 8.34. The van der Waals surface area contributed by atoms with Gasteiger partial charge in [0.05, 0.1) is 13.7 Å². The molecule has 0 atom stereocenters. The number of methoxy groups -OCH3 is 1. The molecular formula is C22H29N3O3. The lowest BCUT2D eigenvalue weighted by atomic mass is 10.1. The van der Waals surface area contributed by atoms with E-state index >= 15 is 0 Å². The van der Waals surface area contributed by atoms with Gasteiger partial charge in [-0.1, -0.05) is 19.9 Å². The topological polar surface area (TPSA) is 70.7 Å². The summed E-state index contributed by atoms with van der Waals surface area (Å²) in [7, 11) is 1.58. The molecule has 0 aliphatic carbocycles. The predicted molar refractivity (Wildman–Crippen MR) is 113 cm³/mol. The van der Waals surface area contributed by atoms with E-state index in [2.05, 4.69) is 24.5 Å². The van der Waals surface area contributed by atoms with Crippen molar-refractivity contribution in [1.29, 1.82) is 0 Å². The molecule has 2 aromatic carbocycles. The SMILES string of the molecule is CCCN(CCC)C(=O)c1ccc(NCC(=O)Nc2cccc(OC)c2)cc1. The standard InChI is InChI=1S/C22H29N3O3/c1-4-13-25(14-5-2)22(27)17-9-11-18(12-10-17)23-16-21(26)24-19-7-6-8-20(15-19)28-3/h6-12,15,23H,4-5,13-14,16H2,1-3H3,(H,24,26). The Morgan fingerprint density at radius 1 is 0.964 bits per heavy atom. The van der Waals surface area contributed by atoms with Crippen LogP contribution in [0.4, 0.5) is 11.4 Å². The highest BCUT2D eigenvalue weighted by molar-refractivity contribution is 5.95. The lowest BCUT2D eigenvalue weighted by Gasteiger charge is -2.21. The number of hydrogen-bond acceptors (Lipinski definition) is 4. The molecule has 0 aromatic heterocycles. The first-order chi connectivity index (χ1) is 13.6. The minimum atomic E-state index is -0.162. The Morgan fingerprint density at radius 2 is 1.64 bits per heavy atom. The number of ether oxygens (including phenoxy) is 1. The molecule has 6 nitrogen and oxygen atoms in total. The Balaban J connectivity index is 1.89. The van der Waals surface area contributed by atoms with Crippen molar-refractivity contribution in [2.24, 2.45) is 0 Å². The molecule has 0 aliphatic rings. The van der Waals surface area contributed by atoms with E-state index in [-0.39, 0.29) is 18.4 Å². The maximum Gasteiger partial charge on any atom is 0.253 e. The van der Waals surface area contributed by atoms with Crippen LogP contribution < -0.4 is 15.4 Å². The van der Waals surface area contributed by atoms with Crippen molar-refractivity contribution >= 4 is 23.2 Å². The van der Waals surface area contributed by atoms with Gasteiger partial charge in [-0.15, -0.1) is 0 Å². The number of rotatable bonds is 10. The van der Waals surface area contributed by atoms with Crippen molar-refractivity contribution in [1.82, 2.24) is 4.90 Å². The van der Waals surface area contributed by atoms with Crippen LogP contribution in [0.5, 0.6) is 5.75 Å². The van der Waals surface area contributed by atoms with E-state index in [0.29, 0.717) is 17.0 Å². The van der Waals surface area contributed by atoms with Gasteiger partial charge >= 0.3 is 0 Å². The Hall–Kier alpha value is -3.02. The normalized spacial score (nSPS) is 10.2. The summed E-state index contributed by atoms with van der Waals surface area (Å²) in [6, 6.07) is 14.4. The van der Waals surface area contributed by atoms with Crippen LogP contribution in [0.25, 0.3) is 0 Å². The molecule has 2 rings (SSSR count). The number of anilines is 2. The Morgan fingerprint density at radius 3 is 2.25 bits per heavy atom. The third-order valence-corrected chi connectivity index (χ3v) is 4.21. The van der Waals surface area contributed by atoms with E-state index in [1.54, 1.807) is 31.4 Å². The van der Waals surface area contributed by atoms with E-state index in [0.717, 1.165) is 31.6 Å². The molecular weight excluding hydrogens is 354 g/mol. The lowest BCUT2D eigenvalue weighted by molar-refractivity contribution is -0.114. The van der Waals surface area contributed by atoms with E-state index < -0.39 is 0 Å².